The van der Waals surface area contributed by atoms with Crippen molar-refractivity contribution < 1.29 is 9.53 Å². The highest BCUT2D eigenvalue weighted by atomic mass is 16.5. The van der Waals surface area contributed by atoms with E-state index in [-0.39, 0.29) is 5.91 Å². The summed E-state index contributed by atoms with van der Waals surface area (Å²) >= 11 is 0. The highest BCUT2D eigenvalue weighted by Gasteiger charge is 2.10. The third kappa shape index (κ3) is 5.63. The van der Waals surface area contributed by atoms with Gasteiger partial charge in [0, 0.05) is 12.1 Å². The molecule has 0 radical (unpaired) electrons. The summed E-state index contributed by atoms with van der Waals surface area (Å²) in [6.07, 6.45) is 4.03. The Kier molecular flexibility index (Phi) is 7.52. The van der Waals surface area contributed by atoms with Gasteiger partial charge in [0.2, 0.25) is 5.91 Å². The van der Waals surface area contributed by atoms with Crippen LogP contribution in [0.3, 0.4) is 0 Å². The minimum atomic E-state index is 0.0560. The predicted octanol–water partition coefficient (Wildman–Crippen LogP) is 5.17. The maximum atomic E-state index is 12.3. The van der Waals surface area contributed by atoms with E-state index >= 15 is 0 Å². The van der Waals surface area contributed by atoms with Crippen LogP contribution in [0.25, 0.3) is 0 Å². The lowest BCUT2D eigenvalue weighted by Crippen LogP contribution is -2.15. The van der Waals surface area contributed by atoms with Gasteiger partial charge in [0.05, 0.1) is 6.61 Å². The number of nitrogens with one attached hydrogen (secondary N) is 1. The molecule has 25 heavy (non-hydrogen) atoms. The van der Waals surface area contributed by atoms with Crippen molar-refractivity contribution in [3.05, 3.63) is 59.2 Å². The van der Waals surface area contributed by atoms with E-state index in [0.717, 1.165) is 30.7 Å². The first kappa shape index (κ1) is 19.0. The Morgan fingerprint density at radius 1 is 0.920 bits per heavy atom. The lowest BCUT2D eigenvalue weighted by Gasteiger charge is -2.14. The third-order valence-electron chi connectivity index (χ3n) is 4.41. The van der Waals surface area contributed by atoms with Gasteiger partial charge in [0.1, 0.15) is 5.75 Å². The van der Waals surface area contributed by atoms with E-state index in [4.69, 9.17) is 4.74 Å². The van der Waals surface area contributed by atoms with E-state index in [2.05, 4.69) is 56.4 Å². The number of para-hydroxylation sites is 1. The molecule has 0 aromatic heterocycles. The molecule has 0 heterocycles. The zero-order valence-electron chi connectivity index (χ0n) is 15.6. The Balaban J connectivity index is 1.81. The number of carbonyl (C=O) groups is 1. The molecule has 0 aliphatic heterocycles. The number of hydrogen-bond acceptors (Lipinski definition) is 2. The molecule has 0 fully saturated rings. The number of carbonyl (C=O) groups excluding carboxylic acids is 1. The summed E-state index contributed by atoms with van der Waals surface area (Å²) < 4.78 is 5.72. The fraction of sp³-hybridized carbons (Fsp3) is 0.409. The first-order valence-electron chi connectivity index (χ1n) is 9.30. The minimum Gasteiger partial charge on any atom is -0.494 e. The summed E-state index contributed by atoms with van der Waals surface area (Å²) in [5.74, 6) is 0.919. The number of rotatable bonds is 9. The van der Waals surface area contributed by atoms with Crippen LogP contribution < -0.4 is 10.1 Å². The summed E-state index contributed by atoms with van der Waals surface area (Å²) in [7, 11) is 0. The van der Waals surface area contributed by atoms with Crippen LogP contribution in [0.5, 0.6) is 5.75 Å². The van der Waals surface area contributed by atoms with Crippen molar-refractivity contribution >= 4 is 11.6 Å². The number of benzene rings is 2. The molecule has 2 aromatic rings. The van der Waals surface area contributed by atoms with E-state index in [0.29, 0.717) is 19.4 Å². The van der Waals surface area contributed by atoms with E-state index in [9.17, 15) is 4.79 Å². The number of amides is 1. The van der Waals surface area contributed by atoms with Crippen molar-refractivity contribution in [2.45, 2.75) is 52.9 Å². The molecule has 0 atom stereocenters. The van der Waals surface area contributed by atoms with E-state index < -0.39 is 0 Å². The van der Waals surface area contributed by atoms with E-state index in [1.54, 1.807) is 0 Å². The van der Waals surface area contributed by atoms with Gasteiger partial charge in [-0.3, -0.25) is 4.79 Å². The van der Waals surface area contributed by atoms with Crippen LogP contribution in [0.15, 0.2) is 42.5 Å². The molecule has 0 bridgehead atoms. The summed E-state index contributed by atoms with van der Waals surface area (Å²) in [5, 5.41) is 3.10. The summed E-state index contributed by atoms with van der Waals surface area (Å²) in [6, 6.07) is 14.4. The fourth-order valence-corrected chi connectivity index (χ4v) is 2.85. The molecule has 1 amide bonds. The Labute approximate surface area is 151 Å². The van der Waals surface area contributed by atoms with Gasteiger partial charge in [0.15, 0.2) is 0 Å². The normalized spacial score (nSPS) is 10.5. The average Bonchev–Trinajstić information content (AvgIpc) is 2.65. The molecule has 2 rings (SSSR count). The SMILES string of the molecule is CCc1ccc(OCCCC(=O)Nc2c(CC)cccc2CC)cc1. The topological polar surface area (TPSA) is 38.3 Å². The van der Waals surface area contributed by atoms with Crippen LogP contribution in [-0.4, -0.2) is 12.5 Å². The molecular weight excluding hydrogens is 310 g/mol. The van der Waals surface area contributed by atoms with Gasteiger partial charge >= 0.3 is 0 Å². The molecule has 0 aliphatic carbocycles. The number of hydrogen-bond donors (Lipinski definition) is 1. The van der Waals surface area contributed by atoms with Gasteiger partial charge in [-0.2, -0.15) is 0 Å². The smallest absolute Gasteiger partial charge is 0.224 e. The molecule has 1 N–H and O–H groups in total. The zero-order valence-corrected chi connectivity index (χ0v) is 15.6. The number of anilines is 1. The van der Waals surface area contributed by atoms with Crippen LogP contribution >= 0.6 is 0 Å². The van der Waals surface area contributed by atoms with Crippen molar-refractivity contribution in [3.8, 4) is 5.75 Å². The van der Waals surface area contributed by atoms with Gasteiger partial charge in [-0.05, 0) is 54.5 Å². The van der Waals surface area contributed by atoms with E-state index in [1.165, 1.54) is 16.7 Å². The Morgan fingerprint density at radius 2 is 1.56 bits per heavy atom. The van der Waals surface area contributed by atoms with Crippen LogP contribution in [0.2, 0.25) is 0 Å². The van der Waals surface area contributed by atoms with Crippen LogP contribution in [0.1, 0.15) is 50.3 Å². The van der Waals surface area contributed by atoms with Crippen molar-refractivity contribution in [1.29, 1.82) is 0 Å². The van der Waals surface area contributed by atoms with Crippen LogP contribution in [0, 0.1) is 0 Å². The summed E-state index contributed by atoms with van der Waals surface area (Å²) in [4.78, 5) is 12.3. The third-order valence-corrected chi connectivity index (χ3v) is 4.41. The van der Waals surface area contributed by atoms with Crippen LogP contribution in [-0.2, 0) is 24.1 Å². The van der Waals surface area contributed by atoms with Gasteiger partial charge in [-0.1, -0.05) is 51.1 Å². The molecule has 3 heteroatoms. The van der Waals surface area contributed by atoms with E-state index in [1.807, 2.05) is 12.1 Å². The minimum absolute atomic E-state index is 0.0560. The fourth-order valence-electron chi connectivity index (χ4n) is 2.85. The maximum Gasteiger partial charge on any atom is 0.224 e. The van der Waals surface area contributed by atoms with Gasteiger partial charge in [0.25, 0.3) is 0 Å². The molecule has 3 nitrogen and oxygen atoms in total. The second-order valence-electron chi connectivity index (χ2n) is 6.16. The monoisotopic (exact) mass is 339 g/mol. The summed E-state index contributed by atoms with van der Waals surface area (Å²) in [6.45, 7) is 6.91. The average molecular weight is 339 g/mol. The Morgan fingerprint density at radius 3 is 2.12 bits per heavy atom. The molecule has 0 aliphatic rings. The lowest BCUT2D eigenvalue weighted by atomic mass is 10.0. The summed E-state index contributed by atoms with van der Waals surface area (Å²) in [5.41, 5.74) is 4.68. The first-order valence-corrected chi connectivity index (χ1v) is 9.30. The molecular formula is C22H29NO2. The number of aryl methyl sites for hydroxylation is 3. The quantitative estimate of drug-likeness (QED) is 0.640. The van der Waals surface area contributed by atoms with Crippen molar-refractivity contribution in [1.82, 2.24) is 0 Å². The standard InChI is InChI=1S/C22H29NO2/c1-4-17-12-14-20(15-13-17)25-16-8-11-21(24)23-22-18(5-2)9-7-10-19(22)6-3/h7,9-10,12-15H,4-6,8,11,16H2,1-3H3,(H,23,24). The molecule has 0 saturated carbocycles. The molecule has 134 valence electrons. The van der Waals surface area contributed by atoms with Crippen LogP contribution in [0.4, 0.5) is 5.69 Å². The van der Waals surface area contributed by atoms with Gasteiger partial charge in [-0.15, -0.1) is 0 Å². The second kappa shape index (κ2) is 9.87. The molecule has 0 unspecified atom stereocenters. The highest BCUT2D eigenvalue weighted by molar-refractivity contribution is 5.92. The van der Waals surface area contributed by atoms with Crippen molar-refractivity contribution in [2.75, 3.05) is 11.9 Å². The molecule has 0 saturated heterocycles. The number of ether oxygens (including phenoxy) is 1. The van der Waals surface area contributed by atoms with Gasteiger partial charge < -0.3 is 10.1 Å². The zero-order chi connectivity index (χ0) is 18.1. The molecule has 0 spiro atoms. The maximum absolute atomic E-state index is 12.3. The largest absolute Gasteiger partial charge is 0.494 e. The second-order valence-corrected chi connectivity index (χ2v) is 6.16. The van der Waals surface area contributed by atoms with Crippen molar-refractivity contribution in [2.24, 2.45) is 0 Å². The lowest BCUT2D eigenvalue weighted by molar-refractivity contribution is -0.116. The Bertz CT molecular complexity index is 655. The molecule has 2 aromatic carbocycles. The van der Waals surface area contributed by atoms with Crippen molar-refractivity contribution in [3.63, 3.8) is 0 Å². The predicted molar refractivity (Wildman–Crippen MR) is 104 cm³/mol. The highest BCUT2D eigenvalue weighted by Crippen LogP contribution is 2.23. The first-order chi connectivity index (χ1) is 12.2. The van der Waals surface area contributed by atoms with Gasteiger partial charge in [-0.25, -0.2) is 0 Å². The Hall–Kier alpha value is -2.29.